The second-order valence-electron chi connectivity index (χ2n) is 4.33. The highest BCUT2D eigenvalue weighted by Gasteiger charge is 2.18. The van der Waals surface area contributed by atoms with Crippen molar-refractivity contribution in [1.82, 2.24) is 9.55 Å². The van der Waals surface area contributed by atoms with Gasteiger partial charge in [-0.15, -0.1) is 6.58 Å². The lowest BCUT2D eigenvalue weighted by molar-refractivity contribution is 0.356. The van der Waals surface area contributed by atoms with Crippen molar-refractivity contribution in [3.8, 4) is 22.8 Å². The number of allylic oxidation sites excluding steroid dienone is 1. The van der Waals surface area contributed by atoms with Crippen molar-refractivity contribution in [2.45, 2.75) is 13.5 Å². The summed E-state index contributed by atoms with van der Waals surface area (Å²) in [5.41, 5.74) is 7.70. The topological polar surface area (TPSA) is 62.3 Å². The summed E-state index contributed by atoms with van der Waals surface area (Å²) in [5, 5.41) is 0. The van der Waals surface area contributed by atoms with E-state index in [-0.39, 0.29) is 0 Å². The van der Waals surface area contributed by atoms with Gasteiger partial charge < -0.3 is 19.8 Å². The number of imidazole rings is 1. The summed E-state index contributed by atoms with van der Waals surface area (Å²) in [7, 11) is 3.21. The van der Waals surface area contributed by atoms with Crippen LogP contribution in [0, 0.1) is 6.92 Å². The van der Waals surface area contributed by atoms with Crippen molar-refractivity contribution in [2.75, 3.05) is 20.0 Å². The van der Waals surface area contributed by atoms with Gasteiger partial charge in [-0.05, 0) is 19.1 Å². The molecule has 20 heavy (non-hydrogen) atoms. The van der Waals surface area contributed by atoms with E-state index in [4.69, 9.17) is 15.2 Å². The quantitative estimate of drug-likeness (QED) is 0.851. The highest BCUT2D eigenvalue weighted by molar-refractivity contribution is 5.78. The third-order valence-corrected chi connectivity index (χ3v) is 3.17. The molecule has 2 N–H and O–H groups in total. The van der Waals surface area contributed by atoms with Crippen LogP contribution in [0.3, 0.4) is 0 Å². The van der Waals surface area contributed by atoms with E-state index in [0.717, 1.165) is 11.4 Å². The molecular weight excluding hydrogens is 254 g/mol. The van der Waals surface area contributed by atoms with Gasteiger partial charge in [-0.3, -0.25) is 0 Å². The van der Waals surface area contributed by atoms with Gasteiger partial charge in [-0.1, -0.05) is 12.1 Å². The number of para-hydroxylation sites is 1. The van der Waals surface area contributed by atoms with Gasteiger partial charge in [0.15, 0.2) is 11.5 Å². The summed E-state index contributed by atoms with van der Waals surface area (Å²) in [6.45, 7) is 6.27. The minimum Gasteiger partial charge on any atom is -0.493 e. The molecule has 0 saturated carbocycles. The van der Waals surface area contributed by atoms with Crippen molar-refractivity contribution in [2.24, 2.45) is 0 Å². The Labute approximate surface area is 118 Å². The van der Waals surface area contributed by atoms with Crippen LogP contribution in [0.4, 0.5) is 5.82 Å². The van der Waals surface area contributed by atoms with Crippen LogP contribution < -0.4 is 15.2 Å². The fourth-order valence-corrected chi connectivity index (χ4v) is 2.21. The highest BCUT2D eigenvalue weighted by atomic mass is 16.5. The van der Waals surface area contributed by atoms with Crippen LogP contribution in [0.1, 0.15) is 5.82 Å². The number of aryl methyl sites for hydroxylation is 1. The first-order chi connectivity index (χ1) is 9.63. The predicted molar refractivity (Wildman–Crippen MR) is 80.1 cm³/mol. The normalized spacial score (nSPS) is 10.3. The van der Waals surface area contributed by atoms with Crippen LogP contribution in [0.5, 0.6) is 11.5 Å². The van der Waals surface area contributed by atoms with Gasteiger partial charge in [0, 0.05) is 12.1 Å². The van der Waals surface area contributed by atoms with Gasteiger partial charge in [0.05, 0.1) is 14.2 Å². The number of hydrogen-bond donors (Lipinski definition) is 1. The summed E-state index contributed by atoms with van der Waals surface area (Å²) in [5.74, 6) is 2.71. The third-order valence-electron chi connectivity index (χ3n) is 3.17. The lowest BCUT2D eigenvalue weighted by atomic mass is 10.1. The van der Waals surface area contributed by atoms with E-state index in [1.807, 2.05) is 29.7 Å². The fraction of sp³-hybridized carbons (Fsp3) is 0.267. The van der Waals surface area contributed by atoms with Crippen molar-refractivity contribution in [3.05, 3.63) is 36.7 Å². The average molecular weight is 273 g/mol. The number of ether oxygens (including phenoxy) is 2. The molecule has 1 aromatic heterocycles. The van der Waals surface area contributed by atoms with Gasteiger partial charge in [-0.25, -0.2) is 4.98 Å². The number of rotatable bonds is 5. The molecule has 0 aliphatic rings. The van der Waals surface area contributed by atoms with Crippen molar-refractivity contribution >= 4 is 5.82 Å². The Morgan fingerprint density at radius 3 is 2.70 bits per heavy atom. The van der Waals surface area contributed by atoms with E-state index < -0.39 is 0 Å². The Hall–Kier alpha value is -2.43. The molecule has 0 bridgehead atoms. The number of aromatic nitrogens is 2. The number of nitrogen functional groups attached to an aromatic ring is 1. The van der Waals surface area contributed by atoms with E-state index in [1.165, 1.54) is 0 Å². The summed E-state index contributed by atoms with van der Waals surface area (Å²) in [6.07, 6.45) is 1.79. The lowest BCUT2D eigenvalue weighted by Gasteiger charge is -2.11. The Morgan fingerprint density at radius 1 is 1.35 bits per heavy atom. The van der Waals surface area contributed by atoms with Gasteiger partial charge >= 0.3 is 0 Å². The molecule has 0 aliphatic heterocycles. The first-order valence-electron chi connectivity index (χ1n) is 6.28. The molecule has 0 radical (unpaired) electrons. The molecule has 5 heteroatoms. The molecule has 2 aromatic rings. The van der Waals surface area contributed by atoms with Crippen LogP contribution in [0.15, 0.2) is 30.9 Å². The summed E-state index contributed by atoms with van der Waals surface area (Å²) in [6, 6.07) is 5.64. The molecule has 0 spiro atoms. The molecule has 0 atom stereocenters. The fourth-order valence-electron chi connectivity index (χ4n) is 2.21. The molecule has 0 saturated heterocycles. The minimum atomic E-state index is 0.592. The van der Waals surface area contributed by atoms with Crippen LogP contribution in [-0.4, -0.2) is 23.8 Å². The number of hydrogen-bond acceptors (Lipinski definition) is 4. The van der Waals surface area contributed by atoms with Gasteiger partial charge in [0.25, 0.3) is 0 Å². The number of nitrogens with two attached hydrogens (primary N) is 1. The van der Waals surface area contributed by atoms with Gasteiger partial charge in [-0.2, -0.15) is 0 Å². The number of benzene rings is 1. The standard InChI is InChI=1S/C15H19N3O2/c1-5-9-18-10(2)17-13(15(18)16)11-7-6-8-12(19-3)14(11)20-4/h5-8H,1,9,16H2,2-4H3. The zero-order chi connectivity index (χ0) is 14.7. The Bertz CT molecular complexity index is 632. The molecule has 5 nitrogen and oxygen atoms in total. The van der Waals surface area contributed by atoms with Gasteiger partial charge in [0.1, 0.15) is 17.3 Å². The van der Waals surface area contributed by atoms with Crippen LogP contribution in [-0.2, 0) is 6.54 Å². The van der Waals surface area contributed by atoms with E-state index >= 15 is 0 Å². The second-order valence-corrected chi connectivity index (χ2v) is 4.33. The molecule has 0 aliphatic carbocycles. The molecule has 0 amide bonds. The first kappa shape index (κ1) is 14.0. The first-order valence-corrected chi connectivity index (χ1v) is 6.28. The zero-order valence-corrected chi connectivity index (χ0v) is 12.0. The summed E-state index contributed by atoms with van der Waals surface area (Å²) >= 11 is 0. The number of nitrogens with zero attached hydrogens (tertiary/aromatic N) is 2. The lowest BCUT2D eigenvalue weighted by Crippen LogP contribution is -2.03. The Balaban J connectivity index is 2.63. The van der Waals surface area contributed by atoms with Crippen LogP contribution in [0.2, 0.25) is 0 Å². The van der Waals surface area contributed by atoms with Crippen molar-refractivity contribution < 1.29 is 9.47 Å². The van der Waals surface area contributed by atoms with Gasteiger partial charge in [0.2, 0.25) is 0 Å². The molecule has 0 unspecified atom stereocenters. The molecule has 2 rings (SSSR count). The SMILES string of the molecule is C=CCn1c(C)nc(-c2cccc(OC)c2OC)c1N. The average Bonchev–Trinajstić information content (AvgIpc) is 2.74. The monoisotopic (exact) mass is 273 g/mol. The number of methoxy groups -OCH3 is 2. The van der Waals surface area contributed by atoms with E-state index in [0.29, 0.717) is 29.6 Å². The maximum atomic E-state index is 6.19. The minimum absolute atomic E-state index is 0.592. The molecule has 1 heterocycles. The van der Waals surface area contributed by atoms with Crippen molar-refractivity contribution in [1.29, 1.82) is 0 Å². The Morgan fingerprint density at radius 2 is 2.10 bits per heavy atom. The largest absolute Gasteiger partial charge is 0.493 e. The maximum Gasteiger partial charge on any atom is 0.170 e. The van der Waals surface area contributed by atoms with Crippen LogP contribution in [0.25, 0.3) is 11.3 Å². The van der Waals surface area contributed by atoms with E-state index in [9.17, 15) is 0 Å². The predicted octanol–water partition coefficient (Wildman–Crippen LogP) is 2.64. The molecule has 0 fully saturated rings. The van der Waals surface area contributed by atoms with E-state index in [2.05, 4.69) is 11.6 Å². The smallest absolute Gasteiger partial charge is 0.170 e. The van der Waals surface area contributed by atoms with Crippen molar-refractivity contribution in [3.63, 3.8) is 0 Å². The summed E-state index contributed by atoms with van der Waals surface area (Å²) in [4.78, 5) is 4.54. The molecule has 1 aromatic carbocycles. The second kappa shape index (κ2) is 5.69. The number of anilines is 1. The Kier molecular flexibility index (Phi) is 3.98. The third kappa shape index (κ3) is 2.22. The molecule has 106 valence electrons. The van der Waals surface area contributed by atoms with E-state index in [1.54, 1.807) is 20.3 Å². The highest BCUT2D eigenvalue weighted by Crippen LogP contribution is 2.39. The zero-order valence-electron chi connectivity index (χ0n) is 12.0. The molecular formula is C15H19N3O2. The van der Waals surface area contributed by atoms with Crippen LogP contribution >= 0.6 is 0 Å². The maximum absolute atomic E-state index is 6.19. The summed E-state index contributed by atoms with van der Waals surface area (Å²) < 4.78 is 12.6.